The number of nitrogens with one attached hydrogen (secondary N) is 1. The summed E-state index contributed by atoms with van der Waals surface area (Å²) in [6.45, 7) is 0. The Morgan fingerprint density at radius 3 is 3.00 bits per heavy atom. The highest BCUT2D eigenvalue weighted by molar-refractivity contribution is 5.55. The van der Waals surface area contributed by atoms with Gasteiger partial charge in [-0.2, -0.15) is 0 Å². The SMILES string of the molecule is Nc1ncc(F)c(-c2ccc[nH]2)n1. The molecule has 0 aliphatic carbocycles. The van der Waals surface area contributed by atoms with E-state index < -0.39 is 5.82 Å². The number of hydrogen-bond acceptors (Lipinski definition) is 3. The van der Waals surface area contributed by atoms with Crippen molar-refractivity contribution in [2.75, 3.05) is 5.73 Å². The number of anilines is 1. The van der Waals surface area contributed by atoms with Crippen molar-refractivity contribution >= 4 is 5.95 Å². The van der Waals surface area contributed by atoms with Crippen LogP contribution in [-0.2, 0) is 0 Å². The third-order valence-corrected chi connectivity index (χ3v) is 1.62. The molecule has 0 radical (unpaired) electrons. The van der Waals surface area contributed by atoms with Gasteiger partial charge in [0.15, 0.2) is 5.82 Å². The lowest BCUT2D eigenvalue weighted by atomic mass is 10.3. The van der Waals surface area contributed by atoms with E-state index in [-0.39, 0.29) is 11.6 Å². The van der Waals surface area contributed by atoms with Gasteiger partial charge in [-0.05, 0) is 12.1 Å². The summed E-state index contributed by atoms with van der Waals surface area (Å²) in [5.74, 6) is -0.428. The first-order valence-electron chi connectivity index (χ1n) is 3.69. The summed E-state index contributed by atoms with van der Waals surface area (Å²) in [6.07, 6.45) is 2.74. The summed E-state index contributed by atoms with van der Waals surface area (Å²) < 4.78 is 13.1. The molecule has 4 nitrogen and oxygen atoms in total. The molecule has 0 aliphatic rings. The lowest BCUT2D eigenvalue weighted by Crippen LogP contribution is -1.98. The van der Waals surface area contributed by atoms with Gasteiger partial charge in [0.2, 0.25) is 5.95 Å². The number of hydrogen-bond donors (Lipinski definition) is 2. The summed E-state index contributed by atoms with van der Waals surface area (Å²) in [6, 6.07) is 3.47. The molecule has 0 bridgehead atoms. The Kier molecular flexibility index (Phi) is 1.70. The van der Waals surface area contributed by atoms with Crippen LogP contribution in [0.3, 0.4) is 0 Å². The van der Waals surface area contributed by atoms with Crippen molar-refractivity contribution in [2.24, 2.45) is 0 Å². The van der Waals surface area contributed by atoms with Crippen molar-refractivity contribution in [3.63, 3.8) is 0 Å². The Hall–Kier alpha value is -1.91. The van der Waals surface area contributed by atoms with E-state index >= 15 is 0 Å². The molecule has 0 saturated carbocycles. The van der Waals surface area contributed by atoms with Crippen LogP contribution in [0.2, 0.25) is 0 Å². The van der Waals surface area contributed by atoms with Gasteiger partial charge >= 0.3 is 0 Å². The standard InChI is InChI=1S/C8H7FN4/c9-5-4-12-8(10)13-7(5)6-2-1-3-11-6/h1-4,11H,(H2,10,12,13). The third kappa shape index (κ3) is 1.35. The average Bonchev–Trinajstić information content (AvgIpc) is 2.61. The van der Waals surface area contributed by atoms with E-state index in [0.717, 1.165) is 6.20 Å². The predicted molar refractivity (Wildman–Crippen MR) is 46.2 cm³/mol. The van der Waals surface area contributed by atoms with Gasteiger partial charge < -0.3 is 10.7 Å². The second-order valence-electron chi connectivity index (χ2n) is 2.51. The van der Waals surface area contributed by atoms with Crippen LogP contribution in [0.5, 0.6) is 0 Å². The van der Waals surface area contributed by atoms with E-state index in [2.05, 4.69) is 15.0 Å². The van der Waals surface area contributed by atoms with Crippen molar-refractivity contribution in [1.82, 2.24) is 15.0 Å². The Labute approximate surface area is 73.6 Å². The van der Waals surface area contributed by atoms with Crippen molar-refractivity contribution in [3.05, 3.63) is 30.3 Å². The lowest BCUT2D eigenvalue weighted by Gasteiger charge is -1.99. The molecule has 13 heavy (non-hydrogen) atoms. The Morgan fingerprint density at radius 2 is 2.31 bits per heavy atom. The van der Waals surface area contributed by atoms with Crippen molar-refractivity contribution in [2.45, 2.75) is 0 Å². The zero-order chi connectivity index (χ0) is 9.26. The fourth-order valence-corrected chi connectivity index (χ4v) is 1.05. The van der Waals surface area contributed by atoms with Crippen LogP contribution in [-0.4, -0.2) is 15.0 Å². The molecule has 0 aromatic carbocycles. The Morgan fingerprint density at radius 1 is 1.46 bits per heavy atom. The number of aromatic amines is 1. The van der Waals surface area contributed by atoms with Gasteiger partial charge in [-0.15, -0.1) is 0 Å². The molecule has 0 amide bonds. The highest BCUT2D eigenvalue weighted by Gasteiger charge is 2.07. The topological polar surface area (TPSA) is 67.6 Å². The highest BCUT2D eigenvalue weighted by atomic mass is 19.1. The van der Waals surface area contributed by atoms with Crippen LogP contribution in [0.1, 0.15) is 0 Å². The summed E-state index contributed by atoms with van der Waals surface area (Å²) in [5, 5.41) is 0. The molecule has 0 saturated heterocycles. The van der Waals surface area contributed by atoms with E-state index in [1.807, 2.05) is 0 Å². The molecule has 2 aromatic heterocycles. The average molecular weight is 178 g/mol. The summed E-state index contributed by atoms with van der Waals surface area (Å²) in [4.78, 5) is 10.1. The fraction of sp³-hybridized carbons (Fsp3) is 0. The molecule has 2 aromatic rings. The van der Waals surface area contributed by atoms with Gasteiger partial charge in [-0.1, -0.05) is 0 Å². The number of H-pyrrole nitrogens is 1. The molecule has 3 N–H and O–H groups in total. The van der Waals surface area contributed by atoms with Crippen LogP contribution >= 0.6 is 0 Å². The zero-order valence-corrected chi connectivity index (χ0v) is 6.66. The first kappa shape index (κ1) is 7.72. The highest BCUT2D eigenvalue weighted by Crippen LogP contribution is 2.17. The van der Waals surface area contributed by atoms with Crippen molar-refractivity contribution in [1.29, 1.82) is 0 Å². The van der Waals surface area contributed by atoms with Gasteiger partial charge in [0, 0.05) is 6.20 Å². The smallest absolute Gasteiger partial charge is 0.220 e. The van der Waals surface area contributed by atoms with E-state index in [1.165, 1.54) is 0 Å². The molecule has 2 heterocycles. The molecular formula is C8H7FN4. The molecular weight excluding hydrogens is 171 g/mol. The molecule has 2 rings (SSSR count). The predicted octanol–water partition coefficient (Wildman–Crippen LogP) is 1.19. The number of rotatable bonds is 1. The van der Waals surface area contributed by atoms with E-state index in [4.69, 9.17) is 5.73 Å². The molecule has 0 unspecified atom stereocenters. The quantitative estimate of drug-likeness (QED) is 0.689. The van der Waals surface area contributed by atoms with E-state index in [9.17, 15) is 4.39 Å². The number of nitrogens with zero attached hydrogens (tertiary/aromatic N) is 2. The van der Waals surface area contributed by atoms with Crippen LogP contribution in [0.25, 0.3) is 11.4 Å². The normalized spacial score (nSPS) is 10.2. The number of nitrogen functional groups attached to an aromatic ring is 1. The number of aromatic nitrogens is 3. The minimum absolute atomic E-state index is 0.0611. The van der Waals surface area contributed by atoms with E-state index in [0.29, 0.717) is 5.69 Å². The summed E-state index contributed by atoms with van der Waals surface area (Å²) in [5.41, 5.74) is 6.11. The second-order valence-corrected chi connectivity index (χ2v) is 2.51. The lowest BCUT2D eigenvalue weighted by molar-refractivity contribution is 0.618. The number of halogens is 1. The summed E-state index contributed by atoms with van der Waals surface area (Å²) >= 11 is 0. The maximum atomic E-state index is 13.1. The van der Waals surface area contributed by atoms with Crippen LogP contribution in [0.4, 0.5) is 10.3 Å². The molecule has 0 aliphatic heterocycles. The minimum Gasteiger partial charge on any atom is -0.368 e. The maximum Gasteiger partial charge on any atom is 0.220 e. The van der Waals surface area contributed by atoms with Gasteiger partial charge in [0.25, 0.3) is 0 Å². The zero-order valence-electron chi connectivity index (χ0n) is 6.66. The van der Waals surface area contributed by atoms with Crippen molar-refractivity contribution in [3.8, 4) is 11.4 Å². The molecule has 66 valence electrons. The Bertz CT molecular complexity index is 410. The first-order valence-corrected chi connectivity index (χ1v) is 3.69. The van der Waals surface area contributed by atoms with Crippen LogP contribution in [0, 0.1) is 5.82 Å². The second kappa shape index (κ2) is 2.85. The largest absolute Gasteiger partial charge is 0.368 e. The summed E-state index contributed by atoms with van der Waals surface area (Å²) in [7, 11) is 0. The van der Waals surface area contributed by atoms with Crippen LogP contribution in [0.15, 0.2) is 24.5 Å². The number of nitrogens with two attached hydrogens (primary N) is 1. The van der Waals surface area contributed by atoms with Gasteiger partial charge in [-0.25, -0.2) is 14.4 Å². The van der Waals surface area contributed by atoms with E-state index in [1.54, 1.807) is 18.3 Å². The molecule has 0 atom stereocenters. The first-order chi connectivity index (χ1) is 6.27. The van der Waals surface area contributed by atoms with Gasteiger partial charge in [-0.3, -0.25) is 0 Å². The van der Waals surface area contributed by atoms with Crippen LogP contribution < -0.4 is 5.73 Å². The fourth-order valence-electron chi connectivity index (χ4n) is 1.05. The van der Waals surface area contributed by atoms with Crippen molar-refractivity contribution < 1.29 is 4.39 Å². The molecule has 5 heteroatoms. The third-order valence-electron chi connectivity index (χ3n) is 1.62. The molecule has 0 spiro atoms. The minimum atomic E-state index is -0.489. The Balaban J connectivity index is 2.57. The monoisotopic (exact) mass is 178 g/mol. The maximum absolute atomic E-state index is 13.1. The molecule has 0 fully saturated rings. The van der Waals surface area contributed by atoms with Gasteiger partial charge in [0.1, 0.15) is 5.69 Å². The van der Waals surface area contributed by atoms with Gasteiger partial charge in [0.05, 0.1) is 11.9 Å².